The molecular weight excluding hydrogens is 737 g/mol. The summed E-state index contributed by atoms with van der Waals surface area (Å²) < 4.78 is 2.58. The van der Waals surface area contributed by atoms with Gasteiger partial charge in [0.2, 0.25) is 0 Å². The average molecular weight is 797 g/mol. The molecule has 4 fully saturated rings. The van der Waals surface area contributed by atoms with E-state index in [0.29, 0.717) is 37.3 Å². The summed E-state index contributed by atoms with van der Waals surface area (Å²) in [5.74, 6) is -0.0698. The predicted molar refractivity (Wildman–Crippen MR) is 221 cm³/mol. The van der Waals surface area contributed by atoms with Crippen molar-refractivity contribution in [1.82, 2.24) is 58.9 Å². The van der Waals surface area contributed by atoms with Crippen LogP contribution in [0.3, 0.4) is 0 Å². The van der Waals surface area contributed by atoms with Crippen LogP contribution in [0, 0.1) is 0 Å². The van der Waals surface area contributed by atoms with Gasteiger partial charge in [-0.1, -0.05) is 39.8 Å². The molecule has 4 aromatic rings. The summed E-state index contributed by atoms with van der Waals surface area (Å²) in [4.78, 5) is 70.5. The molecule has 0 atom stereocenters. The maximum Gasteiger partial charge on any atom is 0.344 e. The molecule has 8 heterocycles. The molecule has 0 saturated carbocycles. The third-order valence-electron chi connectivity index (χ3n) is 10.4. The van der Waals surface area contributed by atoms with E-state index >= 15 is 0 Å². The van der Waals surface area contributed by atoms with Crippen molar-refractivity contribution >= 4 is 23.9 Å². The Bertz CT molecular complexity index is 1720. The molecule has 4 aliphatic heterocycles. The van der Waals surface area contributed by atoms with Crippen LogP contribution in [0.5, 0.6) is 0 Å². The first-order valence-corrected chi connectivity index (χ1v) is 20.9. The molecule has 0 aromatic carbocycles. The van der Waals surface area contributed by atoms with E-state index < -0.39 is 0 Å². The van der Waals surface area contributed by atoms with E-state index in [1.807, 2.05) is 68.0 Å². The van der Waals surface area contributed by atoms with Crippen LogP contribution >= 0.6 is 0 Å². The van der Waals surface area contributed by atoms with Gasteiger partial charge in [0.1, 0.15) is 0 Å². The van der Waals surface area contributed by atoms with Gasteiger partial charge in [-0.05, 0) is 49.4 Å². The Labute approximate surface area is 342 Å². The molecule has 0 aliphatic carbocycles. The van der Waals surface area contributed by atoms with E-state index in [1.165, 1.54) is 27.3 Å². The number of amides is 4. The number of nitrogens with zero attached hydrogens (tertiary/aromatic N) is 12. The number of aromatic nitrogens is 6. The Hall–Kier alpha value is -5.48. The third-order valence-corrected chi connectivity index (χ3v) is 10.4. The van der Waals surface area contributed by atoms with Crippen LogP contribution in [0.2, 0.25) is 0 Å². The molecule has 4 amide bonds. The van der Waals surface area contributed by atoms with Gasteiger partial charge in [0.15, 0.2) is 0 Å². The monoisotopic (exact) mass is 796 g/mol. The highest BCUT2D eigenvalue weighted by Gasteiger charge is 2.27. The Morgan fingerprint density at radius 2 is 1.00 bits per heavy atom. The molecule has 16 nitrogen and oxygen atoms in total. The molecule has 4 saturated heterocycles. The fraction of sp³-hybridized carbons (Fsp3) is 0.524. The van der Waals surface area contributed by atoms with Crippen LogP contribution in [0.25, 0.3) is 0 Å². The fourth-order valence-corrected chi connectivity index (χ4v) is 7.24. The number of hydrogen-bond acceptors (Lipinski definition) is 10. The second-order valence-corrected chi connectivity index (χ2v) is 14.1. The van der Waals surface area contributed by atoms with Gasteiger partial charge in [-0.3, -0.25) is 29.4 Å². The van der Waals surface area contributed by atoms with Gasteiger partial charge in [-0.2, -0.15) is 19.6 Å². The van der Waals surface area contributed by atoms with Crippen LogP contribution < -0.4 is 0 Å². The summed E-state index contributed by atoms with van der Waals surface area (Å²) in [5, 5.41) is 8.25. The Balaban J connectivity index is 0.000000204. The lowest BCUT2D eigenvalue weighted by atomic mass is 10.2. The van der Waals surface area contributed by atoms with Crippen molar-refractivity contribution in [3.8, 4) is 0 Å². The van der Waals surface area contributed by atoms with Gasteiger partial charge in [0.05, 0.1) is 29.2 Å². The SMILES string of the molecule is CC.CC.O=C(c1cnn(C(=O)N2CCN(Cc3ccccn3)CC2)c1)N1CCCC1.O=C(c1cnn(C(=O)N2CCN(Cc3cccnc3)CC2)c1)N1CCCC1. The van der Waals surface area contributed by atoms with Crippen molar-refractivity contribution in [2.45, 2.75) is 66.5 Å². The molecular formula is C42H60N12O4. The van der Waals surface area contributed by atoms with Crippen molar-refractivity contribution in [2.75, 3.05) is 78.5 Å². The molecule has 0 bridgehead atoms. The van der Waals surface area contributed by atoms with E-state index in [9.17, 15) is 19.2 Å². The summed E-state index contributed by atoms with van der Waals surface area (Å²) in [6.45, 7) is 18.6. The topological polar surface area (TPSA) is 149 Å². The van der Waals surface area contributed by atoms with Crippen LogP contribution in [-0.2, 0) is 13.1 Å². The molecule has 0 radical (unpaired) electrons. The van der Waals surface area contributed by atoms with Crippen molar-refractivity contribution in [3.05, 3.63) is 96.1 Å². The summed E-state index contributed by atoms with van der Waals surface area (Å²) in [5.41, 5.74) is 3.18. The maximum absolute atomic E-state index is 12.7. The van der Waals surface area contributed by atoms with Crippen LogP contribution in [-0.4, -0.2) is 161 Å². The molecule has 16 heteroatoms. The molecule has 4 aliphatic rings. The van der Waals surface area contributed by atoms with Crippen LogP contribution in [0.4, 0.5) is 9.59 Å². The number of carbonyl (C=O) groups excluding carboxylic acids is 4. The molecule has 4 aromatic heterocycles. The first kappa shape index (κ1) is 43.6. The Morgan fingerprint density at radius 1 is 0.517 bits per heavy atom. The first-order chi connectivity index (χ1) is 28.4. The summed E-state index contributed by atoms with van der Waals surface area (Å²) in [6.07, 6.45) is 15.7. The number of carbonyl (C=O) groups is 4. The quantitative estimate of drug-likeness (QED) is 0.270. The summed E-state index contributed by atoms with van der Waals surface area (Å²) in [7, 11) is 0. The number of rotatable bonds is 6. The van der Waals surface area contributed by atoms with Gasteiger partial charge in [-0.25, -0.2) is 9.59 Å². The number of likely N-dealkylation sites (tertiary alicyclic amines) is 2. The third kappa shape index (κ3) is 11.8. The number of piperazine rings is 2. The maximum atomic E-state index is 12.7. The predicted octanol–water partition coefficient (Wildman–Crippen LogP) is 4.65. The largest absolute Gasteiger partial charge is 0.344 e. The normalized spacial score (nSPS) is 17.0. The second kappa shape index (κ2) is 22.5. The lowest BCUT2D eigenvalue weighted by Crippen LogP contribution is -2.49. The fourth-order valence-electron chi connectivity index (χ4n) is 7.24. The number of hydrogen-bond donors (Lipinski definition) is 0. The summed E-state index contributed by atoms with van der Waals surface area (Å²) >= 11 is 0. The Morgan fingerprint density at radius 3 is 1.43 bits per heavy atom. The van der Waals surface area contributed by atoms with Crippen LogP contribution in [0.15, 0.2) is 73.7 Å². The minimum Gasteiger partial charge on any atom is -0.339 e. The van der Waals surface area contributed by atoms with Gasteiger partial charge in [-0.15, -0.1) is 0 Å². The lowest BCUT2D eigenvalue weighted by molar-refractivity contribution is 0.0785. The van der Waals surface area contributed by atoms with Gasteiger partial charge >= 0.3 is 12.1 Å². The minimum absolute atomic E-state index is 0.0344. The number of pyridine rings is 2. The zero-order valence-corrected chi connectivity index (χ0v) is 34.7. The van der Waals surface area contributed by atoms with Gasteiger partial charge in [0, 0.05) is 123 Å². The van der Waals surface area contributed by atoms with Crippen molar-refractivity contribution in [3.63, 3.8) is 0 Å². The molecule has 8 rings (SSSR count). The highest BCUT2D eigenvalue weighted by atomic mass is 16.2. The standard InChI is InChI=1S/2C19H24N6O2.2C2H6/c26-18(23-6-1-2-7-23)17-13-21-25(15-17)19(27)24-10-8-22(9-11-24)14-16-4-3-5-20-12-16;26-18(23-7-3-4-8-23)16-13-21-25(14-16)19(27)24-11-9-22(10-12-24)15-17-5-1-2-6-20-17;2*1-2/h3-5,12-13,15H,1-2,6-11,14H2;1-2,5-6,13-14H,3-4,7-12,15H2;2*1-2H3. The first-order valence-electron chi connectivity index (χ1n) is 20.9. The average Bonchev–Trinajstić information content (AvgIpc) is 4.15. The highest BCUT2D eigenvalue weighted by molar-refractivity contribution is 5.95. The molecule has 312 valence electrons. The minimum atomic E-state index is -0.173. The van der Waals surface area contributed by atoms with Gasteiger partial charge < -0.3 is 19.6 Å². The molecule has 0 spiro atoms. The lowest BCUT2D eigenvalue weighted by Gasteiger charge is -2.34. The van der Waals surface area contributed by atoms with Gasteiger partial charge in [0.25, 0.3) is 11.8 Å². The second-order valence-electron chi connectivity index (χ2n) is 14.1. The molecule has 58 heavy (non-hydrogen) atoms. The van der Waals surface area contributed by atoms with Crippen LogP contribution in [0.1, 0.15) is 85.4 Å². The smallest absolute Gasteiger partial charge is 0.339 e. The molecule has 0 unspecified atom stereocenters. The zero-order valence-electron chi connectivity index (χ0n) is 34.7. The zero-order chi connectivity index (χ0) is 41.3. The van der Waals surface area contributed by atoms with E-state index in [1.54, 1.807) is 34.6 Å². The Kier molecular flexibility index (Phi) is 16.9. The summed E-state index contributed by atoms with van der Waals surface area (Å²) in [6, 6.07) is 9.57. The van der Waals surface area contributed by atoms with E-state index in [-0.39, 0.29) is 23.9 Å². The van der Waals surface area contributed by atoms with E-state index in [4.69, 9.17) is 0 Å². The molecule has 0 N–H and O–H groups in total. The van der Waals surface area contributed by atoms with E-state index in [0.717, 1.165) is 96.8 Å². The van der Waals surface area contributed by atoms with Crippen molar-refractivity contribution in [2.24, 2.45) is 0 Å². The van der Waals surface area contributed by atoms with Crippen molar-refractivity contribution < 1.29 is 19.2 Å². The van der Waals surface area contributed by atoms with Crippen molar-refractivity contribution in [1.29, 1.82) is 0 Å². The highest BCUT2D eigenvalue weighted by Crippen LogP contribution is 2.15. The van der Waals surface area contributed by atoms with E-state index in [2.05, 4.69) is 36.0 Å².